The molecule has 1 unspecified atom stereocenters. The van der Waals surface area contributed by atoms with Crippen molar-refractivity contribution < 1.29 is 14.3 Å². The summed E-state index contributed by atoms with van der Waals surface area (Å²) in [5.74, 6) is 1.91. The van der Waals surface area contributed by atoms with Crippen molar-refractivity contribution in [2.24, 2.45) is 4.99 Å². The van der Waals surface area contributed by atoms with E-state index in [1.54, 1.807) is 6.92 Å². The highest BCUT2D eigenvalue weighted by Crippen LogP contribution is 2.26. The maximum atomic E-state index is 12.2. The van der Waals surface area contributed by atoms with Gasteiger partial charge in [-0.05, 0) is 46.6 Å². The van der Waals surface area contributed by atoms with Gasteiger partial charge in [0, 0.05) is 18.2 Å². The van der Waals surface area contributed by atoms with Crippen LogP contribution in [0.3, 0.4) is 0 Å². The molecule has 152 valence electrons. The zero-order valence-corrected chi connectivity index (χ0v) is 17.0. The van der Waals surface area contributed by atoms with Crippen LogP contribution in [0.25, 0.3) is 0 Å². The highest BCUT2D eigenvalue weighted by Gasteiger charge is 2.28. The molecule has 4 N–H and O–H groups in total. The first-order chi connectivity index (χ1) is 12.8. The molecule has 1 amide bonds. The lowest BCUT2D eigenvalue weighted by Crippen LogP contribution is -2.45. The van der Waals surface area contributed by atoms with E-state index in [2.05, 4.69) is 20.9 Å². The molecule has 7 heteroatoms. The van der Waals surface area contributed by atoms with E-state index >= 15 is 0 Å². The summed E-state index contributed by atoms with van der Waals surface area (Å²) in [6.45, 7) is 8.38. The summed E-state index contributed by atoms with van der Waals surface area (Å²) in [6, 6.07) is 2.13. The topological polar surface area (TPSA) is 98.9 Å². The molecule has 1 aliphatic rings. The van der Waals surface area contributed by atoms with Crippen LogP contribution >= 0.6 is 0 Å². The van der Waals surface area contributed by atoms with Gasteiger partial charge in [-0.25, -0.2) is 4.99 Å². The highest BCUT2D eigenvalue weighted by molar-refractivity contribution is 5.85. The van der Waals surface area contributed by atoms with E-state index in [1.807, 2.05) is 26.8 Å². The molecule has 27 heavy (non-hydrogen) atoms. The summed E-state index contributed by atoms with van der Waals surface area (Å²) in [5.41, 5.74) is -0.360. The average molecular weight is 379 g/mol. The fourth-order valence-electron chi connectivity index (χ4n) is 3.53. The molecule has 1 aromatic heterocycles. The van der Waals surface area contributed by atoms with Crippen LogP contribution in [0.15, 0.2) is 15.5 Å². The molecule has 0 spiro atoms. The van der Waals surface area contributed by atoms with Gasteiger partial charge < -0.3 is 25.5 Å². The van der Waals surface area contributed by atoms with Gasteiger partial charge in [0.1, 0.15) is 23.7 Å². The van der Waals surface area contributed by atoms with Crippen LogP contribution in [-0.2, 0) is 10.4 Å². The van der Waals surface area contributed by atoms with Crippen molar-refractivity contribution >= 4 is 11.9 Å². The lowest BCUT2D eigenvalue weighted by molar-refractivity contribution is -0.120. The van der Waals surface area contributed by atoms with Crippen molar-refractivity contribution in [1.29, 1.82) is 0 Å². The molecule has 0 bridgehead atoms. The largest absolute Gasteiger partial charge is 0.466 e. The first-order valence-corrected chi connectivity index (χ1v) is 9.93. The predicted octanol–water partition coefficient (Wildman–Crippen LogP) is 2.11. The van der Waals surface area contributed by atoms with Crippen LogP contribution in [0.4, 0.5) is 0 Å². The van der Waals surface area contributed by atoms with E-state index in [9.17, 15) is 9.90 Å². The van der Waals surface area contributed by atoms with E-state index < -0.39 is 5.60 Å². The molecule has 0 aliphatic heterocycles. The molecular formula is C20H34N4O3. The Balaban J connectivity index is 1.90. The smallest absolute Gasteiger partial charge is 0.242 e. The van der Waals surface area contributed by atoms with Crippen LogP contribution in [0.1, 0.15) is 63.0 Å². The maximum Gasteiger partial charge on any atom is 0.242 e. The number of hydrogen-bond acceptors (Lipinski definition) is 4. The van der Waals surface area contributed by atoms with Crippen LogP contribution < -0.4 is 16.0 Å². The zero-order valence-electron chi connectivity index (χ0n) is 17.0. The standard InChI is InChI=1S/C20H34N4O3/c1-5-21-19(22-12-18(25)24-16-9-7-6-8-10-16)23-13-20(4,26)17-11-14(2)27-15(17)3/h11,16,26H,5-10,12-13H2,1-4H3,(H,24,25)(H2,21,22,23). The lowest BCUT2D eigenvalue weighted by Gasteiger charge is -2.25. The summed E-state index contributed by atoms with van der Waals surface area (Å²) < 4.78 is 5.52. The number of guanidine groups is 1. The first kappa shape index (κ1) is 21.3. The summed E-state index contributed by atoms with van der Waals surface area (Å²) >= 11 is 0. The number of amides is 1. The van der Waals surface area contributed by atoms with Gasteiger partial charge in [0.15, 0.2) is 5.96 Å². The SMILES string of the molecule is CCNC(=NCC(=O)NC1CCCCC1)NCC(C)(O)c1cc(C)oc1C. The summed E-state index contributed by atoms with van der Waals surface area (Å²) in [5, 5.41) is 20.1. The fraction of sp³-hybridized carbons (Fsp3) is 0.700. The third-order valence-electron chi connectivity index (χ3n) is 4.92. The Morgan fingerprint density at radius 1 is 1.30 bits per heavy atom. The normalized spacial score (nSPS) is 18.0. The molecular weight excluding hydrogens is 344 g/mol. The monoisotopic (exact) mass is 378 g/mol. The molecule has 1 atom stereocenters. The van der Waals surface area contributed by atoms with E-state index in [-0.39, 0.29) is 25.0 Å². The third kappa shape index (κ3) is 6.57. The number of hydrogen-bond donors (Lipinski definition) is 4. The van der Waals surface area contributed by atoms with Crippen molar-refractivity contribution in [3.8, 4) is 0 Å². The number of furan rings is 1. The second-order valence-electron chi connectivity index (χ2n) is 7.55. The number of rotatable bonds is 7. The van der Waals surface area contributed by atoms with Crippen molar-refractivity contribution in [3.05, 3.63) is 23.2 Å². The number of aryl methyl sites for hydroxylation is 2. The molecule has 0 aromatic carbocycles. The predicted molar refractivity (Wildman–Crippen MR) is 107 cm³/mol. The van der Waals surface area contributed by atoms with Gasteiger partial charge in [-0.1, -0.05) is 19.3 Å². The molecule has 1 aliphatic carbocycles. The van der Waals surface area contributed by atoms with Gasteiger partial charge in [-0.3, -0.25) is 4.79 Å². The molecule has 2 rings (SSSR count). The fourth-order valence-corrected chi connectivity index (χ4v) is 3.53. The zero-order chi connectivity index (χ0) is 19.9. The lowest BCUT2D eigenvalue weighted by atomic mass is 9.95. The second kappa shape index (κ2) is 9.78. The minimum absolute atomic E-state index is 0.0628. The Morgan fingerprint density at radius 2 is 2.00 bits per heavy atom. The molecule has 1 heterocycles. The summed E-state index contributed by atoms with van der Waals surface area (Å²) in [6.07, 6.45) is 5.73. The molecule has 0 radical (unpaired) electrons. The maximum absolute atomic E-state index is 12.2. The summed E-state index contributed by atoms with van der Waals surface area (Å²) in [4.78, 5) is 16.5. The molecule has 1 aromatic rings. The van der Waals surface area contributed by atoms with Crippen LogP contribution in [-0.4, -0.2) is 42.6 Å². The van der Waals surface area contributed by atoms with Crippen LogP contribution in [0.5, 0.6) is 0 Å². The van der Waals surface area contributed by atoms with Gasteiger partial charge in [0.25, 0.3) is 0 Å². The minimum Gasteiger partial charge on any atom is -0.466 e. The van der Waals surface area contributed by atoms with Crippen molar-refractivity contribution in [2.75, 3.05) is 19.6 Å². The molecule has 7 nitrogen and oxygen atoms in total. The number of carbonyl (C=O) groups is 1. The Morgan fingerprint density at radius 3 is 2.59 bits per heavy atom. The molecule has 1 fully saturated rings. The minimum atomic E-state index is -1.11. The van der Waals surface area contributed by atoms with E-state index in [1.165, 1.54) is 19.3 Å². The second-order valence-corrected chi connectivity index (χ2v) is 7.55. The van der Waals surface area contributed by atoms with Crippen molar-refractivity contribution in [2.45, 2.75) is 71.4 Å². The Hall–Kier alpha value is -2.02. The van der Waals surface area contributed by atoms with Gasteiger partial charge in [0.2, 0.25) is 5.91 Å². The number of aliphatic hydroxyl groups is 1. The van der Waals surface area contributed by atoms with E-state index in [4.69, 9.17) is 4.42 Å². The Labute approximate surface area is 162 Å². The first-order valence-electron chi connectivity index (χ1n) is 9.93. The Kier molecular flexibility index (Phi) is 7.71. The highest BCUT2D eigenvalue weighted by atomic mass is 16.3. The molecule has 1 saturated carbocycles. The average Bonchev–Trinajstić information content (AvgIpc) is 2.97. The third-order valence-corrected chi connectivity index (χ3v) is 4.92. The van der Waals surface area contributed by atoms with Gasteiger partial charge in [0.05, 0.1) is 6.54 Å². The van der Waals surface area contributed by atoms with E-state index in [0.717, 1.165) is 24.2 Å². The van der Waals surface area contributed by atoms with Gasteiger partial charge in [-0.15, -0.1) is 0 Å². The van der Waals surface area contributed by atoms with Crippen LogP contribution in [0, 0.1) is 13.8 Å². The van der Waals surface area contributed by atoms with Crippen LogP contribution in [0.2, 0.25) is 0 Å². The number of aliphatic imine (C=N–C) groups is 1. The summed E-state index contributed by atoms with van der Waals surface area (Å²) in [7, 11) is 0. The number of nitrogens with one attached hydrogen (secondary N) is 3. The van der Waals surface area contributed by atoms with Crippen molar-refractivity contribution in [3.63, 3.8) is 0 Å². The number of carbonyl (C=O) groups excluding carboxylic acids is 1. The quantitative estimate of drug-likeness (QED) is 0.430. The Bertz CT molecular complexity index is 646. The van der Waals surface area contributed by atoms with E-state index in [0.29, 0.717) is 18.3 Å². The van der Waals surface area contributed by atoms with Gasteiger partial charge >= 0.3 is 0 Å². The van der Waals surface area contributed by atoms with Gasteiger partial charge in [-0.2, -0.15) is 0 Å². The number of nitrogens with zero attached hydrogens (tertiary/aromatic N) is 1. The molecule has 0 saturated heterocycles. The van der Waals surface area contributed by atoms with Crippen molar-refractivity contribution in [1.82, 2.24) is 16.0 Å².